The lowest BCUT2D eigenvalue weighted by atomic mass is 10.1. The summed E-state index contributed by atoms with van der Waals surface area (Å²) in [7, 11) is 0. The first-order valence-corrected chi connectivity index (χ1v) is 6.50. The quantitative estimate of drug-likeness (QED) is 0.945. The Labute approximate surface area is 115 Å². The van der Waals surface area contributed by atoms with E-state index in [2.05, 4.69) is 57.1 Å². The molecule has 0 aromatic carbocycles. The van der Waals surface area contributed by atoms with Crippen molar-refractivity contribution in [1.29, 1.82) is 0 Å². The SMILES string of the molecule is CC(C)(C)NCc1cnc(-n2cc(Br)cn2)cn1. The normalized spacial score (nSPS) is 11.8. The predicted octanol–water partition coefficient (Wildman–Crippen LogP) is 2.31. The van der Waals surface area contributed by atoms with Crippen LogP contribution in [0.2, 0.25) is 0 Å². The molecule has 0 atom stereocenters. The topological polar surface area (TPSA) is 55.6 Å². The van der Waals surface area contributed by atoms with Gasteiger partial charge < -0.3 is 5.32 Å². The Morgan fingerprint density at radius 3 is 2.50 bits per heavy atom. The Hall–Kier alpha value is -1.27. The summed E-state index contributed by atoms with van der Waals surface area (Å²) < 4.78 is 2.60. The molecule has 0 unspecified atom stereocenters. The molecule has 2 heterocycles. The average molecular weight is 310 g/mol. The molecule has 0 amide bonds. The smallest absolute Gasteiger partial charge is 0.171 e. The Kier molecular flexibility index (Phi) is 3.77. The zero-order valence-corrected chi connectivity index (χ0v) is 12.3. The molecule has 0 aliphatic heterocycles. The highest BCUT2D eigenvalue weighted by Gasteiger charge is 2.09. The van der Waals surface area contributed by atoms with Crippen LogP contribution >= 0.6 is 15.9 Å². The minimum Gasteiger partial charge on any atom is -0.306 e. The van der Waals surface area contributed by atoms with Gasteiger partial charge in [0.2, 0.25) is 0 Å². The molecule has 5 nitrogen and oxygen atoms in total. The zero-order valence-electron chi connectivity index (χ0n) is 10.7. The second-order valence-corrected chi connectivity index (χ2v) is 5.99. The molecule has 2 rings (SSSR count). The highest BCUT2D eigenvalue weighted by atomic mass is 79.9. The molecule has 96 valence electrons. The molecule has 0 saturated heterocycles. The molecule has 0 saturated carbocycles. The largest absolute Gasteiger partial charge is 0.306 e. The minimum absolute atomic E-state index is 0.0766. The summed E-state index contributed by atoms with van der Waals surface area (Å²) in [5.74, 6) is 0.709. The van der Waals surface area contributed by atoms with Crippen LogP contribution in [-0.4, -0.2) is 25.3 Å². The van der Waals surface area contributed by atoms with Gasteiger partial charge in [-0.2, -0.15) is 5.10 Å². The van der Waals surface area contributed by atoms with Crippen molar-refractivity contribution in [1.82, 2.24) is 25.1 Å². The third kappa shape index (κ3) is 3.61. The molecule has 2 aromatic rings. The van der Waals surface area contributed by atoms with Crippen molar-refractivity contribution in [3.05, 3.63) is 35.0 Å². The van der Waals surface area contributed by atoms with Crippen LogP contribution in [0, 0.1) is 0 Å². The van der Waals surface area contributed by atoms with Gasteiger partial charge in [0.1, 0.15) is 0 Å². The first kappa shape index (κ1) is 13.2. The highest BCUT2D eigenvalue weighted by Crippen LogP contribution is 2.10. The average Bonchev–Trinajstić information content (AvgIpc) is 2.73. The number of rotatable bonds is 3. The van der Waals surface area contributed by atoms with Crippen LogP contribution < -0.4 is 5.32 Å². The molecule has 1 N–H and O–H groups in total. The fourth-order valence-electron chi connectivity index (χ4n) is 1.34. The van der Waals surface area contributed by atoms with E-state index in [1.165, 1.54) is 0 Å². The van der Waals surface area contributed by atoms with Crippen LogP contribution in [0.4, 0.5) is 0 Å². The maximum absolute atomic E-state index is 4.37. The molecule has 0 spiro atoms. The molecule has 0 aliphatic carbocycles. The van der Waals surface area contributed by atoms with Crippen LogP contribution in [0.1, 0.15) is 26.5 Å². The summed E-state index contributed by atoms with van der Waals surface area (Å²) in [6.45, 7) is 7.07. The van der Waals surface area contributed by atoms with Gasteiger partial charge >= 0.3 is 0 Å². The van der Waals surface area contributed by atoms with E-state index in [0.29, 0.717) is 12.4 Å². The van der Waals surface area contributed by atoms with Gasteiger partial charge in [0.25, 0.3) is 0 Å². The van der Waals surface area contributed by atoms with Crippen molar-refractivity contribution in [3.63, 3.8) is 0 Å². The van der Waals surface area contributed by atoms with Gasteiger partial charge in [0, 0.05) is 18.3 Å². The molecule has 18 heavy (non-hydrogen) atoms. The van der Waals surface area contributed by atoms with Crippen molar-refractivity contribution in [2.45, 2.75) is 32.9 Å². The summed E-state index contributed by atoms with van der Waals surface area (Å²) in [4.78, 5) is 8.71. The van der Waals surface area contributed by atoms with E-state index in [0.717, 1.165) is 10.2 Å². The first-order valence-electron chi connectivity index (χ1n) is 5.70. The number of hydrogen-bond donors (Lipinski definition) is 1. The molecular formula is C12H16BrN5. The van der Waals surface area contributed by atoms with E-state index < -0.39 is 0 Å². The van der Waals surface area contributed by atoms with Gasteiger partial charge in [0.15, 0.2) is 5.82 Å². The van der Waals surface area contributed by atoms with Gasteiger partial charge in [-0.25, -0.2) is 9.67 Å². The third-order valence-corrected chi connectivity index (χ3v) is 2.69. The fraction of sp³-hybridized carbons (Fsp3) is 0.417. The van der Waals surface area contributed by atoms with E-state index in [1.54, 1.807) is 23.3 Å². The van der Waals surface area contributed by atoms with Crippen LogP contribution in [-0.2, 0) is 6.54 Å². The van der Waals surface area contributed by atoms with Gasteiger partial charge in [-0.15, -0.1) is 0 Å². The molecule has 0 aliphatic rings. The minimum atomic E-state index is 0.0766. The molecule has 0 radical (unpaired) electrons. The summed E-state index contributed by atoms with van der Waals surface area (Å²) >= 11 is 3.35. The lowest BCUT2D eigenvalue weighted by Gasteiger charge is -2.19. The fourth-order valence-corrected chi connectivity index (χ4v) is 1.62. The maximum atomic E-state index is 4.37. The van der Waals surface area contributed by atoms with Crippen molar-refractivity contribution >= 4 is 15.9 Å². The third-order valence-electron chi connectivity index (χ3n) is 2.28. The van der Waals surface area contributed by atoms with E-state index in [9.17, 15) is 0 Å². The van der Waals surface area contributed by atoms with Gasteiger partial charge in [-0.1, -0.05) is 0 Å². The van der Waals surface area contributed by atoms with E-state index in [1.807, 2.05) is 6.20 Å². The summed E-state index contributed by atoms with van der Waals surface area (Å²) in [6, 6.07) is 0. The number of halogens is 1. The zero-order chi connectivity index (χ0) is 13.2. The van der Waals surface area contributed by atoms with Gasteiger partial charge in [-0.05, 0) is 36.7 Å². The van der Waals surface area contributed by atoms with E-state index >= 15 is 0 Å². The molecule has 0 bridgehead atoms. The number of nitrogens with one attached hydrogen (secondary N) is 1. The second-order valence-electron chi connectivity index (χ2n) is 5.07. The van der Waals surface area contributed by atoms with Crippen LogP contribution in [0.15, 0.2) is 29.3 Å². The molecular weight excluding hydrogens is 294 g/mol. The maximum Gasteiger partial charge on any atom is 0.171 e. The summed E-state index contributed by atoms with van der Waals surface area (Å²) in [6.07, 6.45) is 7.05. The van der Waals surface area contributed by atoms with Gasteiger partial charge in [-0.3, -0.25) is 4.98 Å². The van der Waals surface area contributed by atoms with Crippen LogP contribution in [0.3, 0.4) is 0 Å². The van der Waals surface area contributed by atoms with Crippen LogP contribution in [0.25, 0.3) is 5.82 Å². The lowest BCUT2D eigenvalue weighted by Crippen LogP contribution is -2.35. The Morgan fingerprint density at radius 1 is 1.22 bits per heavy atom. The monoisotopic (exact) mass is 309 g/mol. The van der Waals surface area contributed by atoms with Gasteiger partial charge in [0.05, 0.1) is 28.8 Å². The molecule has 2 aromatic heterocycles. The van der Waals surface area contributed by atoms with Crippen molar-refractivity contribution in [2.75, 3.05) is 0 Å². The molecule has 0 fully saturated rings. The van der Waals surface area contributed by atoms with E-state index in [-0.39, 0.29) is 5.54 Å². The number of nitrogens with zero attached hydrogens (tertiary/aromatic N) is 4. The highest BCUT2D eigenvalue weighted by molar-refractivity contribution is 9.10. The predicted molar refractivity (Wildman–Crippen MR) is 73.4 cm³/mol. The Balaban J connectivity index is 2.06. The summed E-state index contributed by atoms with van der Waals surface area (Å²) in [5, 5.41) is 7.52. The Morgan fingerprint density at radius 2 is 2.00 bits per heavy atom. The molecule has 6 heteroatoms. The second kappa shape index (κ2) is 5.16. The number of hydrogen-bond acceptors (Lipinski definition) is 4. The van der Waals surface area contributed by atoms with Crippen LogP contribution in [0.5, 0.6) is 0 Å². The van der Waals surface area contributed by atoms with Crippen molar-refractivity contribution < 1.29 is 0 Å². The lowest BCUT2D eigenvalue weighted by molar-refractivity contribution is 0.421. The standard InChI is InChI=1S/C12H16BrN5/c1-12(2,3)16-6-10-5-15-11(7-14-10)18-8-9(13)4-17-18/h4-5,7-8,16H,6H2,1-3H3. The first-order chi connectivity index (χ1) is 8.44. The van der Waals surface area contributed by atoms with Crippen molar-refractivity contribution in [2.24, 2.45) is 0 Å². The summed E-state index contributed by atoms with van der Waals surface area (Å²) in [5.41, 5.74) is 0.993. The van der Waals surface area contributed by atoms with Crippen molar-refractivity contribution in [3.8, 4) is 5.82 Å². The van der Waals surface area contributed by atoms with E-state index in [4.69, 9.17) is 0 Å². The number of aromatic nitrogens is 4. The Bertz CT molecular complexity index is 512.